The number of aliphatic hydroxyl groups is 1. The second-order valence-corrected chi connectivity index (χ2v) is 6.02. The third-order valence-corrected chi connectivity index (χ3v) is 4.50. The molecule has 1 N–H and O–H groups in total. The van der Waals surface area contributed by atoms with Crippen LogP contribution in [0.5, 0.6) is 0 Å². The van der Waals surface area contributed by atoms with E-state index in [9.17, 15) is 5.11 Å². The highest BCUT2D eigenvalue weighted by Gasteiger charge is 2.41. The molecule has 0 radical (unpaired) electrons. The molecule has 2 heterocycles. The van der Waals surface area contributed by atoms with Gasteiger partial charge in [0, 0.05) is 30.6 Å². The van der Waals surface area contributed by atoms with E-state index in [1.54, 1.807) is 0 Å². The third-order valence-electron chi connectivity index (χ3n) is 4.25. The average Bonchev–Trinajstić information content (AvgIpc) is 2.36. The number of benzene rings is 1. The van der Waals surface area contributed by atoms with Gasteiger partial charge in [-0.1, -0.05) is 29.8 Å². The summed E-state index contributed by atoms with van der Waals surface area (Å²) in [5, 5.41) is 11.3. The van der Waals surface area contributed by atoms with E-state index in [1.165, 1.54) is 11.1 Å². The number of fused-ring (bicyclic) bond motifs is 2. The largest absolute Gasteiger partial charge is 0.389 e. The first-order valence-electron chi connectivity index (χ1n) is 6.47. The molecule has 0 amide bonds. The van der Waals surface area contributed by atoms with Crippen LogP contribution in [-0.2, 0) is 0 Å². The highest BCUT2D eigenvalue weighted by Crippen LogP contribution is 2.40. The van der Waals surface area contributed by atoms with Gasteiger partial charge in [0.15, 0.2) is 0 Å². The molecule has 1 aromatic rings. The summed E-state index contributed by atoms with van der Waals surface area (Å²) in [7, 11) is 0. The minimum Gasteiger partial charge on any atom is -0.389 e. The van der Waals surface area contributed by atoms with E-state index in [0.717, 1.165) is 31.1 Å². The molecule has 0 aromatic heterocycles. The number of nitrogens with zero attached hydrogens (tertiary/aromatic N) is 1. The molecule has 2 aliphatic rings. The molecule has 2 aliphatic heterocycles. The van der Waals surface area contributed by atoms with Crippen molar-refractivity contribution in [2.75, 3.05) is 19.6 Å². The quantitative estimate of drug-likeness (QED) is 0.842. The van der Waals surface area contributed by atoms with Crippen LogP contribution in [0.1, 0.15) is 18.9 Å². The molecule has 3 rings (SSSR count). The topological polar surface area (TPSA) is 23.5 Å². The molecule has 2 bridgehead atoms. The van der Waals surface area contributed by atoms with Crippen LogP contribution in [0, 0.1) is 5.92 Å². The van der Waals surface area contributed by atoms with Gasteiger partial charge in [-0.3, -0.25) is 4.90 Å². The lowest BCUT2D eigenvalue weighted by Crippen LogP contribution is -2.52. The van der Waals surface area contributed by atoms with Crippen LogP contribution in [-0.4, -0.2) is 35.2 Å². The molecule has 2 nitrogen and oxygen atoms in total. The minimum atomic E-state index is -0.595. The Morgan fingerprint density at radius 1 is 1.33 bits per heavy atom. The van der Waals surface area contributed by atoms with Crippen LogP contribution >= 0.6 is 11.6 Å². The van der Waals surface area contributed by atoms with E-state index in [4.69, 9.17) is 11.6 Å². The highest BCUT2D eigenvalue weighted by molar-refractivity contribution is 6.30. The molecule has 0 aliphatic carbocycles. The Labute approximate surface area is 113 Å². The second kappa shape index (κ2) is 4.37. The molecule has 1 unspecified atom stereocenters. The number of hydrogen-bond acceptors (Lipinski definition) is 2. The van der Waals surface area contributed by atoms with E-state index in [-0.39, 0.29) is 5.92 Å². The Balaban J connectivity index is 1.98. The number of piperidine rings is 1. The molecule has 96 valence electrons. The molecule has 0 saturated carbocycles. The maximum atomic E-state index is 10.6. The Morgan fingerprint density at radius 3 is 2.78 bits per heavy atom. The van der Waals surface area contributed by atoms with Gasteiger partial charge in [0.25, 0.3) is 0 Å². The van der Waals surface area contributed by atoms with Gasteiger partial charge < -0.3 is 5.11 Å². The zero-order valence-electron chi connectivity index (χ0n) is 10.6. The molecule has 3 atom stereocenters. The molecule has 1 aromatic carbocycles. The van der Waals surface area contributed by atoms with E-state index < -0.39 is 5.60 Å². The smallest absolute Gasteiger partial charge is 0.0712 e. The molecular weight excluding hydrogens is 246 g/mol. The van der Waals surface area contributed by atoms with E-state index in [1.807, 2.05) is 19.1 Å². The van der Waals surface area contributed by atoms with Crippen molar-refractivity contribution in [1.82, 2.24) is 4.90 Å². The lowest BCUT2D eigenvalue weighted by Gasteiger charge is -2.46. The maximum Gasteiger partial charge on any atom is 0.0712 e. The standard InChI is InChI=1S/C15H18ClNO/c1-15(18)7-9-17-8-6-13(14(15)10-17)11-2-4-12(16)5-3-11/h2-6,14,18H,7-10H2,1H3/t14-,15+/m0/s1. The van der Waals surface area contributed by atoms with Gasteiger partial charge in [0.1, 0.15) is 0 Å². The predicted octanol–water partition coefficient (Wildman–Crippen LogP) is 2.81. The monoisotopic (exact) mass is 263 g/mol. The molecule has 3 heteroatoms. The summed E-state index contributed by atoms with van der Waals surface area (Å²) in [5.74, 6) is 0.209. The lowest BCUT2D eigenvalue weighted by atomic mass is 9.74. The summed E-state index contributed by atoms with van der Waals surface area (Å²) < 4.78 is 0. The summed E-state index contributed by atoms with van der Waals surface area (Å²) in [4.78, 5) is 2.40. The Morgan fingerprint density at radius 2 is 2.06 bits per heavy atom. The zero-order chi connectivity index (χ0) is 12.8. The van der Waals surface area contributed by atoms with E-state index in [0.29, 0.717) is 0 Å². The predicted molar refractivity (Wildman–Crippen MR) is 74.6 cm³/mol. The van der Waals surface area contributed by atoms with E-state index >= 15 is 0 Å². The van der Waals surface area contributed by atoms with Crippen LogP contribution in [0.2, 0.25) is 5.02 Å². The maximum absolute atomic E-state index is 10.6. The van der Waals surface area contributed by atoms with Crippen molar-refractivity contribution < 1.29 is 5.11 Å². The highest BCUT2D eigenvalue weighted by atomic mass is 35.5. The Bertz CT molecular complexity index is 478. The second-order valence-electron chi connectivity index (χ2n) is 5.59. The van der Waals surface area contributed by atoms with Gasteiger partial charge in [0.2, 0.25) is 0 Å². The van der Waals surface area contributed by atoms with Crippen LogP contribution in [0.25, 0.3) is 5.57 Å². The summed E-state index contributed by atoms with van der Waals surface area (Å²) in [6.45, 7) is 4.91. The van der Waals surface area contributed by atoms with Crippen molar-refractivity contribution in [3.63, 3.8) is 0 Å². The Kier molecular flexibility index (Phi) is 2.97. The number of rotatable bonds is 1. The van der Waals surface area contributed by atoms with Crippen molar-refractivity contribution in [3.8, 4) is 0 Å². The van der Waals surface area contributed by atoms with Gasteiger partial charge in [-0.2, -0.15) is 0 Å². The van der Waals surface area contributed by atoms with Crippen molar-refractivity contribution in [2.45, 2.75) is 18.9 Å². The number of hydrogen-bond donors (Lipinski definition) is 1. The molecule has 0 spiro atoms. The minimum absolute atomic E-state index is 0.209. The molecular formula is C15H18ClNO. The Hall–Kier alpha value is -0.830. The summed E-state index contributed by atoms with van der Waals surface area (Å²) in [6.07, 6.45) is 3.10. The summed E-state index contributed by atoms with van der Waals surface area (Å²) in [6, 6.07) is 7.94. The van der Waals surface area contributed by atoms with Gasteiger partial charge in [-0.25, -0.2) is 0 Å². The van der Waals surface area contributed by atoms with Crippen LogP contribution in [0.4, 0.5) is 0 Å². The fraction of sp³-hybridized carbons (Fsp3) is 0.467. The van der Waals surface area contributed by atoms with E-state index in [2.05, 4.69) is 23.1 Å². The molecule has 1 fully saturated rings. The average molecular weight is 264 g/mol. The third kappa shape index (κ3) is 2.09. The van der Waals surface area contributed by atoms with Crippen molar-refractivity contribution in [2.24, 2.45) is 5.92 Å². The number of halogens is 1. The normalized spacial score (nSPS) is 35.2. The van der Waals surface area contributed by atoms with Crippen LogP contribution < -0.4 is 0 Å². The van der Waals surface area contributed by atoms with Crippen molar-refractivity contribution >= 4 is 17.2 Å². The van der Waals surface area contributed by atoms with Gasteiger partial charge in [-0.05, 0) is 36.6 Å². The van der Waals surface area contributed by atoms with Crippen molar-refractivity contribution in [1.29, 1.82) is 0 Å². The van der Waals surface area contributed by atoms with Gasteiger partial charge in [-0.15, -0.1) is 0 Å². The van der Waals surface area contributed by atoms with Crippen LogP contribution in [0.15, 0.2) is 30.3 Å². The van der Waals surface area contributed by atoms with Crippen molar-refractivity contribution in [3.05, 3.63) is 40.9 Å². The first-order chi connectivity index (χ1) is 8.56. The fourth-order valence-corrected chi connectivity index (χ4v) is 3.16. The van der Waals surface area contributed by atoms with Gasteiger partial charge >= 0.3 is 0 Å². The zero-order valence-corrected chi connectivity index (χ0v) is 11.3. The molecule has 18 heavy (non-hydrogen) atoms. The first kappa shape index (κ1) is 12.2. The van der Waals surface area contributed by atoms with Gasteiger partial charge in [0.05, 0.1) is 5.60 Å². The molecule has 1 saturated heterocycles. The first-order valence-corrected chi connectivity index (χ1v) is 6.85. The van der Waals surface area contributed by atoms with Crippen LogP contribution in [0.3, 0.4) is 0 Å². The lowest BCUT2D eigenvalue weighted by molar-refractivity contribution is -0.0366. The summed E-state index contributed by atoms with van der Waals surface area (Å²) >= 11 is 5.93. The fourth-order valence-electron chi connectivity index (χ4n) is 3.04. The SMILES string of the molecule is C[C@@]1(O)CCN2CC=C(c3ccc(Cl)cc3)[C@@H]1C2. The summed E-state index contributed by atoms with van der Waals surface area (Å²) in [5.41, 5.74) is 1.86.